The number of aliphatic hydroxyl groups is 3. The maximum absolute atomic E-state index is 14.8. The van der Waals surface area contributed by atoms with Crippen LogP contribution in [0.4, 0.5) is 16.0 Å². The van der Waals surface area contributed by atoms with Crippen molar-refractivity contribution < 1.29 is 29.2 Å². The van der Waals surface area contributed by atoms with Gasteiger partial charge in [0.05, 0.1) is 42.7 Å². The van der Waals surface area contributed by atoms with Crippen molar-refractivity contribution in [2.75, 3.05) is 25.0 Å². The zero-order valence-corrected chi connectivity index (χ0v) is 21.4. The first kappa shape index (κ1) is 27.8. The highest BCUT2D eigenvalue weighted by atomic mass is 19.1. The van der Waals surface area contributed by atoms with Gasteiger partial charge >= 0.3 is 0 Å². The number of amides is 1. The molecule has 13 nitrogen and oxygen atoms in total. The molecule has 0 radical (unpaired) electrons. The summed E-state index contributed by atoms with van der Waals surface area (Å²) < 4.78 is 22.2. The van der Waals surface area contributed by atoms with E-state index in [1.165, 1.54) is 18.5 Å². The molecular formula is C25H29FN8O5. The van der Waals surface area contributed by atoms with Crippen molar-refractivity contribution in [1.82, 2.24) is 29.6 Å². The molecule has 3 atom stereocenters. The van der Waals surface area contributed by atoms with Gasteiger partial charge in [-0.3, -0.25) is 9.48 Å². The highest BCUT2D eigenvalue weighted by molar-refractivity contribution is 5.81. The second kappa shape index (κ2) is 11.7. The lowest BCUT2D eigenvalue weighted by molar-refractivity contribution is -0.146. The van der Waals surface area contributed by atoms with Crippen LogP contribution in [-0.2, 0) is 11.3 Å². The van der Waals surface area contributed by atoms with Crippen LogP contribution in [0.25, 0.3) is 11.4 Å². The van der Waals surface area contributed by atoms with Gasteiger partial charge < -0.3 is 30.3 Å². The molecule has 4 N–H and O–H groups in total. The highest BCUT2D eigenvalue weighted by Crippen LogP contribution is 2.28. The van der Waals surface area contributed by atoms with Crippen LogP contribution >= 0.6 is 0 Å². The maximum Gasteiger partial charge on any atom is 0.253 e. The second-order valence-electron chi connectivity index (χ2n) is 9.76. The molecule has 1 amide bonds. The predicted octanol–water partition coefficient (Wildman–Crippen LogP) is 0.792. The minimum Gasteiger partial charge on any atom is -0.486 e. The molecule has 0 aliphatic carbocycles. The summed E-state index contributed by atoms with van der Waals surface area (Å²) in [6, 6.07) is 6.74. The number of rotatable bonds is 9. The Kier molecular flexibility index (Phi) is 8.34. The number of hydrogen-bond acceptors (Lipinski definition) is 11. The van der Waals surface area contributed by atoms with Gasteiger partial charge in [0, 0.05) is 24.7 Å². The van der Waals surface area contributed by atoms with Crippen molar-refractivity contribution in [3.05, 3.63) is 42.5 Å². The minimum absolute atomic E-state index is 0.137. The number of hydrogen-bond donors (Lipinski definition) is 4. The zero-order chi connectivity index (χ0) is 28.2. The van der Waals surface area contributed by atoms with E-state index in [9.17, 15) is 24.7 Å². The van der Waals surface area contributed by atoms with Crippen LogP contribution in [0, 0.1) is 11.3 Å². The van der Waals surface area contributed by atoms with Gasteiger partial charge in [0.2, 0.25) is 5.95 Å². The molecule has 0 bridgehead atoms. The van der Waals surface area contributed by atoms with E-state index in [0.29, 0.717) is 17.8 Å². The molecule has 3 aromatic rings. The Morgan fingerprint density at radius 2 is 2.18 bits per heavy atom. The third-order valence-electron chi connectivity index (χ3n) is 5.90. The Morgan fingerprint density at radius 1 is 1.38 bits per heavy atom. The summed E-state index contributed by atoms with van der Waals surface area (Å²) in [4.78, 5) is 25.9. The number of likely N-dealkylation sites (tertiary alicyclic amines) is 1. The Bertz CT molecular complexity index is 1350. The predicted molar refractivity (Wildman–Crippen MR) is 135 cm³/mol. The summed E-state index contributed by atoms with van der Waals surface area (Å²) in [7, 11) is 0. The van der Waals surface area contributed by atoms with E-state index in [-0.39, 0.29) is 42.6 Å². The van der Waals surface area contributed by atoms with E-state index in [2.05, 4.69) is 25.4 Å². The molecule has 0 unspecified atom stereocenters. The van der Waals surface area contributed by atoms with Gasteiger partial charge in [-0.05, 0) is 32.0 Å². The number of benzene rings is 1. The number of piperidine rings is 1. The molecule has 3 heterocycles. The van der Waals surface area contributed by atoms with Gasteiger partial charge in [-0.15, -0.1) is 0 Å². The smallest absolute Gasteiger partial charge is 0.253 e. The lowest BCUT2D eigenvalue weighted by Crippen LogP contribution is -2.52. The summed E-state index contributed by atoms with van der Waals surface area (Å²) >= 11 is 0. The van der Waals surface area contributed by atoms with Crippen LogP contribution in [-0.4, -0.2) is 94.5 Å². The van der Waals surface area contributed by atoms with Crippen molar-refractivity contribution in [3.8, 4) is 23.2 Å². The number of nitriles is 1. The molecule has 1 aromatic carbocycles. The number of halogens is 1. The monoisotopic (exact) mass is 540 g/mol. The number of aromatic nitrogens is 5. The zero-order valence-electron chi connectivity index (χ0n) is 21.4. The number of carbonyl (C=O) groups is 1. The third-order valence-corrected chi connectivity index (χ3v) is 5.90. The molecule has 1 saturated heterocycles. The fraction of sp³-hybridized carbons (Fsp3) is 0.440. The SMILES string of the molecule is CC(C)(O)Cn1cc(Nc2ncnc(-c3ccc(O[C@H]4CCN(C(=O)[C@@H](O)CO)C[C@@H]4F)c(C#N)c3)n2)cn1. The fourth-order valence-electron chi connectivity index (χ4n) is 4.06. The Morgan fingerprint density at radius 3 is 2.87 bits per heavy atom. The van der Waals surface area contributed by atoms with Crippen LogP contribution in [0.2, 0.25) is 0 Å². The molecule has 1 aliphatic heterocycles. The van der Waals surface area contributed by atoms with Crippen LogP contribution in [0.3, 0.4) is 0 Å². The maximum atomic E-state index is 14.8. The molecule has 39 heavy (non-hydrogen) atoms. The van der Waals surface area contributed by atoms with E-state index in [4.69, 9.17) is 9.84 Å². The van der Waals surface area contributed by atoms with Crippen molar-refractivity contribution in [3.63, 3.8) is 0 Å². The van der Waals surface area contributed by atoms with Crippen molar-refractivity contribution in [2.45, 2.75) is 50.8 Å². The molecule has 0 saturated carbocycles. The Labute approximate surface area is 223 Å². The Balaban J connectivity index is 1.44. The van der Waals surface area contributed by atoms with Gasteiger partial charge in [-0.1, -0.05) is 0 Å². The molecule has 1 fully saturated rings. The standard InChI is InChI=1S/C25H29FN8O5/c1-25(2,38)13-34-10-17(9-30-34)31-24-29-14-28-22(32-24)15-3-4-20(16(7-15)8-27)39-21-5-6-33(11-18(21)26)23(37)19(36)12-35/h3-4,7,9-10,14,18-19,21,35-36,38H,5-6,11-13H2,1-2H3,(H,28,29,31,32)/t18-,19-,21-/m0/s1. The number of alkyl halides is 1. The van der Waals surface area contributed by atoms with Crippen molar-refractivity contribution >= 4 is 17.5 Å². The van der Waals surface area contributed by atoms with Crippen LogP contribution in [0.15, 0.2) is 36.9 Å². The number of nitrogens with zero attached hydrogens (tertiary/aromatic N) is 7. The fourth-order valence-corrected chi connectivity index (χ4v) is 4.06. The van der Waals surface area contributed by atoms with Crippen LogP contribution < -0.4 is 10.1 Å². The molecular weight excluding hydrogens is 511 g/mol. The second-order valence-corrected chi connectivity index (χ2v) is 9.76. The van der Waals surface area contributed by atoms with Crippen LogP contribution in [0.5, 0.6) is 5.75 Å². The quantitative estimate of drug-likeness (QED) is 0.301. The molecule has 2 aromatic heterocycles. The highest BCUT2D eigenvalue weighted by Gasteiger charge is 2.35. The summed E-state index contributed by atoms with van der Waals surface area (Å²) in [6.45, 7) is 2.77. The van der Waals surface area contributed by atoms with Crippen molar-refractivity contribution in [2.24, 2.45) is 0 Å². The average molecular weight is 541 g/mol. The van der Waals surface area contributed by atoms with Gasteiger partial charge in [0.15, 0.2) is 18.1 Å². The number of nitrogens with one attached hydrogen (secondary N) is 1. The largest absolute Gasteiger partial charge is 0.486 e. The summed E-state index contributed by atoms with van der Waals surface area (Å²) in [5.41, 5.74) is 0.342. The molecule has 0 spiro atoms. The normalized spacial score (nSPS) is 18.3. The Hall–Kier alpha value is -4.19. The van der Waals surface area contributed by atoms with Gasteiger partial charge in [0.1, 0.15) is 24.3 Å². The number of anilines is 2. The van der Waals surface area contributed by atoms with E-state index in [0.717, 1.165) is 4.90 Å². The lowest BCUT2D eigenvalue weighted by Gasteiger charge is -2.35. The van der Waals surface area contributed by atoms with E-state index in [1.54, 1.807) is 37.0 Å². The van der Waals surface area contributed by atoms with Gasteiger partial charge in [-0.2, -0.15) is 15.3 Å². The van der Waals surface area contributed by atoms with Crippen molar-refractivity contribution in [1.29, 1.82) is 5.26 Å². The first-order valence-electron chi connectivity index (χ1n) is 12.2. The summed E-state index contributed by atoms with van der Waals surface area (Å²) in [5, 5.41) is 45.4. The number of ether oxygens (including phenoxy) is 1. The van der Waals surface area contributed by atoms with E-state index < -0.39 is 36.5 Å². The minimum atomic E-state index is -1.59. The molecule has 206 valence electrons. The lowest BCUT2D eigenvalue weighted by atomic mass is 10.0. The topological polar surface area (TPSA) is 183 Å². The number of aliphatic hydroxyl groups excluding tert-OH is 2. The molecule has 4 rings (SSSR count). The van der Waals surface area contributed by atoms with Gasteiger partial charge in [-0.25, -0.2) is 14.4 Å². The summed E-state index contributed by atoms with van der Waals surface area (Å²) in [5.74, 6) is -0.0305. The van der Waals surface area contributed by atoms with E-state index in [1.807, 2.05) is 6.07 Å². The third kappa shape index (κ3) is 7.02. The first-order chi connectivity index (χ1) is 18.6. The number of carbonyl (C=O) groups excluding carboxylic acids is 1. The first-order valence-corrected chi connectivity index (χ1v) is 12.2. The average Bonchev–Trinajstić information content (AvgIpc) is 3.33. The summed E-state index contributed by atoms with van der Waals surface area (Å²) in [6.07, 6.45) is 0.700. The van der Waals surface area contributed by atoms with Crippen LogP contribution in [0.1, 0.15) is 25.8 Å². The molecule has 14 heteroatoms. The van der Waals surface area contributed by atoms with Gasteiger partial charge in [0.25, 0.3) is 5.91 Å². The van der Waals surface area contributed by atoms with E-state index >= 15 is 0 Å². The molecule has 1 aliphatic rings.